The molecule has 0 fully saturated rings. The number of carbonyl (C=O) groups excluding carboxylic acids is 1. The van der Waals surface area contributed by atoms with Crippen LogP contribution in [0.4, 0.5) is 14.9 Å². The second-order valence-corrected chi connectivity index (χ2v) is 5.13. The number of hydrogen-bond acceptors (Lipinski definition) is 4. The SMILES string of the molecule is CC(C)(C)OC(=O)N/C=C(\C=N)c1ccc(N)c(F)c1. The van der Waals surface area contributed by atoms with Gasteiger partial charge in [-0.15, -0.1) is 0 Å². The van der Waals surface area contributed by atoms with Gasteiger partial charge in [0.05, 0.1) is 5.69 Å². The molecule has 0 saturated carbocycles. The molecule has 0 spiro atoms. The molecule has 0 aromatic heterocycles. The van der Waals surface area contributed by atoms with Gasteiger partial charge >= 0.3 is 6.09 Å². The lowest BCUT2D eigenvalue weighted by molar-refractivity contribution is 0.0552. The van der Waals surface area contributed by atoms with Crippen LogP contribution in [0.3, 0.4) is 0 Å². The van der Waals surface area contributed by atoms with Crippen molar-refractivity contribution in [1.29, 1.82) is 5.41 Å². The molecule has 5 nitrogen and oxygen atoms in total. The van der Waals surface area contributed by atoms with Crippen LogP contribution in [0.5, 0.6) is 0 Å². The van der Waals surface area contributed by atoms with Crippen molar-refractivity contribution in [3.05, 3.63) is 35.8 Å². The van der Waals surface area contributed by atoms with Gasteiger partial charge in [-0.3, -0.25) is 5.32 Å². The predicted molar refractivity (Wildman–Crippen MR) is 76.9 cm³/mol. The van der Waals surface area contributed by atoms with E-state index in [0.29, 0.717) is 11.1 Å². The Hall–Kier alpha value is -2.37. The molecular formula is C14H18FN3O2. The summed E-state index contributed by atoms with van der Waals surface area (Å²) in [5.74, 6) is -0.576. The average Bonchev–Trinajstić information content (AvgIpc) is 2.32. The monoisotopic (exact) mass is 279 g/mol. The molecule has 1 rings (SSSR count). The highest BCUT2D eigenvalue weighted by Gasteiger charge is 2.15. The van der Waals surface area contributed by atoms with Crippen molar-refractivity contribution in [2.75, 3.05) is 5.73 Å². The number of rotatable bonds is 3. The quantitative estimate of drug-likeness (QED) is 0.587. The van der Waals surface area contributed by atoms with Crippen LogP contribution >= 0.6 is 0 Å². The number of halogens is 1. The zero-order valence-electron chi connectivity index (χ0n) is 11.7. The zero-order chi connectivity index (χ0) is 15.3. The van der Waals surface area contributed by atoms with Gasteiger partial charge in [0.2, 0.25) is 0 Å². The van der Waals surface area contributed by atoms with Crippen molar-refractivity contribution in [2.24, 2.45) is 0 Å². The highest BCUT2D eigenvalue weighted by molar-refractivity contribution is 6.08. The highest BCUT2D eigenvalue weighted by atomic mass is 19.1. The fraction of sp³-hybridized carbons (Fsp3) is 0.286. The Balaban J connectivity index is 2.85. The van der Waals surface area contributed by atoms with Gasteiger partial charge in [0, 0.05) is 18.0 Å². The van der Waals surface area contributed by atoms with Crippen molar-refractivity contribution in [1.82, 2.24) is 5.32 Å². The standard InChI is InChI=1S/C14H18FN3O2/c1-14(2,3)20-13(19)18-8-10(7-16)9-4-5-12(17)11(15)6-9/h4-8,16H,17H2,1-3H3,(H,18,19)/b10-8+,16-7?. The first-order chi connectivity index (χ1) is 9.23. The molecule has 6 heteroatoms. The molecule has 0 aliphatic rings. The maximum absolute atomic E-state index is 13.4. The Kier molecular flexibility index (Phi) is 4.85. The second kappa shape index (κ2) is 6.18. The molecule has 0 saturated heterocycles. The van der Waals surface area contributed by atoms with E-state index in [1.54, 1.807) is 26.8 Å². The summed E-state index contributed by atoms with van der Waals surface area (Å²) in [7, 11) is 0. The Labute approximate surface area is 117 Å². The molecule has 1 aromatic carbocycles. The van der Waals surface area contributed by atoms with Gasteiger partial charge in [0.1, 0.15) is 11.4 Å². The molecule has 0 aliphatic heterocycles. The molecule has 0 bridgehead atoms. The number of nitrogens with two attached hydrogens (primary N) is 1. The van der Waals surface area contributed by atoms with E-state index >= 15 is 0 Å². The number of nitrogen functional groups attached to an aromatic ring is 1. The lowest BCUT2D eigenvalue weighted by Gasteiger charge is -2.19. The normalized spacial score (nSPS) is 11.9. The summed E-state index contributed by atoms with van der Waals surface area (Å²) in [6.07, 6.45) is 1.64. The molecule has 1 aromatic rings. The summed E-state index contributed by atoms with van der Waals surface area (Å²) in [5, 5.41) is 9.70. The first kappa shape index (κ1) is 15.7. The molecule has 0 radical (unpaired) electrons. The number of anilines is 1. The van der Waals surface area contributed by atoms with Crippen LogP contribution in [0.15, 0.2) is 24.4 Å². The van der Waals surface area contributed by atoms with Crippen LogP contribution < -0.4 is 11.1 Å². The van der Waals surface area contributed by atoms with E-state index in [4.69, 9.17) is 15.9 Å². The summed E-state index contributed by atoms with van der Waals surface area (Å²) in [6, 6.07) is 4.16. The predicted octanol–water partition coefficient (Wildman–Crippen LogP) is 2.92. The van der Waals surface area contributed by atoms with Gasteiger partial charge in [-0.05, 0) is 38.5 Å². The van der Waals surface area contributed by atoms with Crippen molar-refractivity contribution >= 4 is 23.6 Å². The smallest absolute Gasteiger partial charge is 0.411 e. The van der Waals surface area contributed by atoms with E-state index in [1.807, 2.05) is 0 Å². The van der Waals surface area contributed by atoms with Crippen LogP contribution in [0.1, 0.15) is 26.3 Å². The van der Waals surface area contributed by atoms with Gasteiger partial charge in [-0.1, -0.05) is 6.07 Å². The number of carbonyl (C=O) groups is 1. The Morgan fingerprint density at radius 2 is 2.10 bits per heavy atom. The van der Waals surface area contributed by atoms with Gasteiger partial charge in [0.25, 0.3) is 0 Å². The summed E-state index contributed by atoms with van der Waals surface area (Å²) < 4.78 is 18.4. The maximum atomic E-state index is 13.4. The Bertz CT molecular complexity index is 548. The molecule has 0 aliphatic carbocycles. The summed E-state index contributed by atoms with van der Waals surface area (Å²) in [4.78, 5) is 11.5. The average molecular weight is 279 g/mol. The largest absolute Gasteiger partial charge is 0.444 e. The molecule has 0 unspecified atom stereocenters. The second-order valence-electron chi connectivity index (χ2n) is 5.13. The molecule has 1 amide bonds. The lowest BCUT2D eigenvalue weighted by Crippen LogP contribution is -2.29. The summed E-state index contributed by atoms with van der Waals surface area (Å²) in [5.41, 5.74) is 5.55. The fourth-order valence-corrected chi connectivity index (χ4v) is 1.36. The van der Waals surface area contributed by atoms with Crippen molar-refractivity contribution in [2.45, 2.75) is 26.4 Å². The highest BCUT2D eigenvalue weighted by Crippen LogP contribution is 2.17. The Morgan fingerprint density at radius 1 is 1.45 bits per heavy atom. The van der Waals surface area contributed by atoms with Crippen LogP contribution in [-0.2, 0) is 4.74 Å². The first-order valence-electron chi connectivity index (χ1n) is 5.98. The molecular weight excluding hydrogens is 261 g/mol. The molecule has 0 heterocycles. The summed E-state index contributed by atoms with van der Waals surface area (Å²) in [6.45, 7) is 5.22. The number of amides is 1. The minimum atomic E-state index is -0.646. The van der Waals surface area contributed by atoms with Crippen molar-refractivity contribution in [3.63, 3.8) is 0 Å². The third-order valence-electron chi connectivity index (χ3n) is 2.23. The van der Waals surface area contributed by atoms with Crippen molar-refractivity contribution < 1.29 is 13.9 Å². The maximum Gasteiger partial charge on any atom is 0.411 e. The first-order valence-corrected chi connectivity index (χ1v) is 5.98. The topological polar surface area (TPSA) is 88.2 Å². The third kappa shape index (κ3) is 4.72. The van der Waals surface area contributed by atoms with E-state index in [0.717, 1.165) is 6.21 Å². The van der Waals surface area contributed by atoms with Gasteiger partial charge < -0.3 is 15.9 Å². The zero-order valence-corrected chi connectivity index (χ0v) is 11.7. The molecule has 0 atom stereocenters. The van der Waals surface area contributed by atoms with E-state index < -0.39 is 17.5 Å². The number of hydrogen-bond donors (Lipinski definition) is 3. The van der Waals surface area contributed by atoms with Gasteiger partial charge in [-0.25, -0.2) is 9.18 Å². The summed E-state index contributed by atoms with van der Waals surface area (Å²) >= 11 is 0. The number of benzene rings is 1. The number of allylic oxidation sites excluding steroid dienone is 1. The Morgan fingerprint density at radius 3 is 2.60 bits per heavy atom. The van der Waals surface area contributed by atoms with Crippen molar-refractivity contribution in [3.8, 4) is 0 Å². The minimum Gasteiger partial charge on any atom is -0.444 e. The van der Waals surface area contributed by atoms with Crippen LogP contribution in [-0.4, -0.2) is 17.9 Å². The minimum absolute atomic E-state index is 0.0261. The van der Waals surface area contributed by atoms with Crippen LogP contribution in [0, 0.1) is 11.2 Å². The van der Waals surface area contributed by atoms with E-state index in [1.165, 1.54) is 18.3 Å². The molecule has 4 N–H and O–H groups in total. The third-order valence-corrected chi connectivity index (χ3v) is 2.23. The number of alkyl carbamates (subject to hydrolysis) is 1. The number of nitrogens with one attached hydrogen (secondary N) is 2. The molecule has 108 valence electrons. The van der Waals surface area contributed by atoms with E-state index in [2.05, 4.69) is 5.32 Å². The number of ether oxygens (including phenoxy) is 1. The van der Waals surface area contributed by atoms with Gasteiger partial charge in [-0.2, -0.15) is 0 Å². The van der Waals surface area contributed by atoms with Crippen LogP contribution in [0.25, 0.3) is 5.57 Å². The lowest BCUT2D eigenvalue weighted by atomic mass is 10.1. The van der Waals surface area contributed by atoms with E-state index in [-0.39, 0.29) is 5.69 Å². The van der Waals surface area contributed by atoms with Crippen LogP contribution in [0.2, 0.25) is 0 Å². The van der Waals surface area contributed by atoms with Gasteiger partial charge in [0.15, 0.2) is 0 Å². The van der Waals surface area contributed by atoms with E-state index in [9.17, 15) is 9.18 Å². The fourth-order valence-electron chi connectivity index (χ4n) is 1.36. The molecule has 20 heavy (non-hydrogen) atoms.